The van der Waals surface area contributed by atoms with E-state index in [1.54, 1.807) is 7.05 Å². The van der Waals surface area contributed by atoms with Gasteiger partial charge in [0.1, 0.15) is 0 Å². The highest BCUT2D eigenvalue weighted by Crippen LogP contribution is 2.23. The smallest absolute Gasteiger partial charge is 0.272 e. The lowest BCUT2D eigenvalue weighted by atomic mass is 10.2. The maximum atomic E-state index is 12.2. The molecule has 2 heterocycles. The van der Waals surface area contributed by atoms with Gasteiger partial charge in [-0.05, 0) is 12.8 Å². The van der Waals surface area contributed by atoms with E-state index in [9.17, 15) is 8.42 Å². The van der Waals surface area contributed by atoms with Crippen molar-refractivity contribution in [1.82, 2.24) is 14.5 Å². The fourth-order valence-corrected chi connectivity index (χ4v) is 3.97. The highest BCUT2D eigenvalue weighted by molar-refractivity contribution is 7.91. The van der Waals surface area contributed by atoms with Gasteiger partial charge >= 0.3 is 0 Å². The summed E-state index contributed by atoms with van der Waals surface area (Å²) in [6.07, 6.45) is 1.88. The van der Waals surface area contributed by atoms with E-state index in [1.165, 1.54) is 11.4 Å². The molecule has 0 radical (unpaired) electrons. The molecule has 18 heavy (non-hydrogen) atoms. The van der Waals surface area contributed by atoms with Gasteiger partial charge in [0.25, 0.3) is 10.0 Å². The molecular weight excluding hydrogens is 276 g/mol. The number of nitrogens with one attached hydrogen (secondary N) is 1. The van der Waals surface area contributed by atoms with Crippen molar-refractivity contribution < 1.29 is 13.2 Å². The number of likely N-dealkylation sites (N-methyl/N-ethyl adjacent to an activating group) is 1. The van der Waals surface area contributed by atoms with Crippen LogP contribution in [0, 0.1) is 0 Å². The third-order valence-corrected chi connectivity index (χ3v) is 5.85. The Kier molecular flexibility index (Phi) is 4.15. The molecule has 1 saturated heterocycles. The molecule has 0 bridgehead atoms. The molecular formula is C9H16N4O3S2. The van der Waals surface area contributed by atoms with Gasteiger partial charge in [0.15, 0.2) is 0 Å². The molecule has 0 amide bonds. The maximum absolute atomic E-state index is 12.2. The summed E-state index contributed by atoms with van der Waals surface area (Å²) >= 11 is 1.02. The normalized spacial score (nSPS) is 20.5. The molecule has 1 N–H and O–H groups in total. The largest absolute Gasteiger partial charge is 0.377 e. The van der Waals surface area contributed by atoms with Crippen LogP contribution in [0.3, 0.4) is 0 Å². The van der Waals surface area contributed by atoms with Crippen molar-refractivity contribution in [2.45, 2.75) is 23.3 Å². The molecule has 1 atom stereocenters. The van der Waals surface area contributed by atoms with Crippen LogP contribution in [0.15, 0.2) is 4.34 Å². The van der Waals surface area contributed by atoms with E-state index < -0.39 is 10.0 Å². The van der Waals surface area contributed by atoms with Gasteiger partial charge in [-0.2, -0.15) is 4.31 Å². The number of hydrogen-bond donors (Lipinski definition) is 1. The van der Waals surface area contributed by atoms with Crippen molar-refractivity contribution in [2.24, 2.45) is 0 Å². The predicted molar refractivity (Wildman–Crippen MR) is 68.2 cm³/mol. The first-order valence-electron chi connectivity index (χ1n) is 5.63. The maximum Gasteiger partial charge on any atom is 0.272 e. The Morgan fingerprint density at radius 2 is 2.33 bits per heavy atom. The molecule has 0 aromatic carbocycles. The standard InChI is InChI=1S/C9H16N4O3S2/c1-10-8-11-12-9(17-8)18(14,15)13(2)6-7-4-3-5-16-7/h7H,3-6H2,1-2H3,(H,10,11). The van der Waals surface area contributed by atoms with E-state index in [-0.39, 0.29) is 10.4 Å². The second kappa shape index (κ2) is 5.47. The quantitative estimate of drug-likeness (QED) is 0.844. The summed E-state index contributed by atoms with van der Waals surface area (Å²) in [6.45, 7) is 1.07. The van der Waals surface area contributed by atoms with Crippen molar-refractivity contribution in [3.05, 3.63) is 0 Å². The number of anilines is 1. The van der Waals surface area contributed by atoms with Gasteiger partial charge in [0.05, 0.1) is 6.10 Å². The summed E-state index contributed by atoms with van der Waals surface area (Å²) in [4.78, 5) is 0. The Balaban J connectivity index is 2.09. The van der Waals surface area contributed by atoms with E-state index in [0.717, 1.165) is 24.2 Å². The van der Waals surface area contributed by atoms with E-state index >= 15 is 0 Å². The molecule has 1 aromatic rings. The Morgan fingerprint density at radius 3 is 2.89 bits per heavy atom. The van der Waals surface area contributed by atoms with Crippen molar-refractivity contribution in [1.29, 1.82) is 0 Å². The second-order valence-electron chi connectivity index (χ2n) is 4.04. The minimum atomic E-state index is -3.56. The molecule has 0 spiro atoms. The molecule has 2 rings (SSSR count). The van der Waals surface area contributed by atoms with Gasteiger partial charge in [-0.15, -0.1) is 10.2 Å². The fourth-order valence-electron chi connectivity index (χ4n) is 1.72. The van der Waals surface area contributed by atoms with Gasteiger partial charge in [-0.1, -0.05) is 11.3 Å². The van der Waals surface area contributed by atoms with Crippen LogP contribution in [0.4, 0.5) is 5.13 Å². The third-order valence-electron chi connectivity index (χ3n) is 2.74. The molecule has 1 aliphatic heterocycles. The Bertz CT molecular complexity index is 496. The van der Waals surface area contributed by atoms with Crippen LogP contribution in [-0.2, 0) is 14.8 Å². The minimum absolute atomic E-state index is 0.00680. The van der Waals surface area contributed by atoms with Crippen LogP contribution in [0.2, 0.25) is 0 Å². The van der Waals surface area contributed by atoms with E-state index in [0.29, 0.717) is 18.3 Å². The number of sulfonamides is 1. The molecule has 1 aliphatic rings. The summed E-state index contributed by atoms with van der Waals surface area (Å²) < 4.78 is 31.1. The topological polar surface area (TPSA) is 84.4 Å². The van der Waals surface area contributed by atoms with Gasteiger partial charge in [0.2, 0.25) is 9.47 Å². The summed E-state index contributed by atoms with van der Waals surface area (Å²) in [5, 5.41) is 10.7. The van der Waals surface area contributed by atoms with Crippen LogP contribution >= 0.6 is 11.3 Å². The highest BCUT2D eigenvalue weighted by atomic mass is 32.2. The van der Waals surface area contributed by atoms with Gasteiger partial charge in [0, 0.05) is 27.2 Å². The zero-order chi connectivity index (χ0) is 13.2. The van der Waals surface area contributed by atoms with E-state index in [1.807, 2.05) is 0 Å². The zero-order valence-electron chi connectivity index (χ0n) is 10.3. The number of rotatable bonds is 5. The van der Waals surface area contributed by atoms with Crippen LogP contribution in [0.1, 0.15) is 12.8 Å². The number of nitrogens with zero attached hydrogens (tertiary/aromatic N) is 3. The Hall–Kier alpha value is -0.770. The molecule has 9 heteroatoms. The van der Waals surface area contributed by atoms with Gasteiger partial charge in [-0.3, -0.25) is 0 Å². The number of hydrogen-bond acceptors (Lipinski definition) is 7. The van der Waals surface area contributed by atoms with Gasteiger partial charge in [-0.25, -0.2) is 8.42 Å². The zero-order valence-corrected chi connectivity index (χ0v) is 11.9. The van der Waals surface area contributed by atoms with Crippen molar-refractivity contribution >= 4 is 26.5 Å². The summed E-state index contributed by atoms with van der Waals surface area (Å²) in [5.41, 5.74) is 0. The molecule has 7 nitrogen and oxygen atoms in total. The first-order valence-corrected chi connectivity index (χ1v) is 7.89. The van der Waals surface area contributed by atoms with E-state index in [2.05, 4.69) is 15.5 Å². The Morgan fingerprint density at radius 1 is 1.56 bits per heavy atom. The predicted octanol–water partition coefficient (Wildman–Crippen LogP) is 0.379. The summed E-state index contributed by atoms with van der Waals surface area (Å²) in [6, 6.07) is 0. The summed E-state index contributed by atoms with van der Waals surface area (Å²) in [5.74, 6) is 0. The molecule has 1 aromatic heterocycles. The van der Waals surface area contributed by atoms with Crippen molar-refractivity contribution in [3.63, 3.8) is 0 Å². The second-order valence-corrected chi connectivity index (χ2v) is 7.24. The molecule has 102 valence electrons. The lowest BCUT2D eigenvalue weighted by Crippen LogP contribution is -2.34. The number of ether oxygens (including phenoxy) is 1. The van der Waals surface area contributed by atoms with Crippen LogP contribution < -0.4 is 5.32 Å². The monoisotopic (exact) mass is 292 g/mol. The van der Waals surface area contributed by atoms with Crippen molar-refractivity contribution in [3.8, 4) is 0 Å². The Labute approximate surface area is 110 Å². The third kappa shape index (κ3) is 2.79. The number of aromatic nitrogens is 2. The molecule has 0 aliphatic carbocycles. The highest BCUT2D eigenvalue weighted by Gasteiger charge is 2.29. The fraction of sp³-hybridized carbons (Fsp3) is 0.778. The lowest BCUT2D eigenvalue weighted by Gasteiger charge is -2.18. The average molecular weight is 292 g/mol. The summed E-state index contributed by atoms with van der Waals surface area (Å²) in [7, 11) is -0.345. The first-order chi connectivity index (χ1) is 8.54. The van der Waals surface area contributed by atoms with E-state index in [4.69, 9.17) is 4.74 Å². The lowest BCUT2D eigenvalue weighted by molar-refractivity contribution is 0.0979. The average Bonchev–Trinajstić information content (AvgIpc) is 2.99. The van der Waals surface area contributed by atoms with Crippen molar-refractivity contribution in [2.75, 3.05) is 32.6 Å². The van der Waals surface area contributed by atoms with Crippen LogP contribution in [-0.4, -0.2) is 56.3 Å². The SMILES string of the molecule is CNc1nnc(S(=O)(=O)N(C)CC2CCCO2)s1. The van der Waals surface area contributed by atoms with Crippen LogP contribution in [0.5, 0.6) is 0 Å². The molecule has 1 unspecified atom stereocenters. The molecule has 1 fully saturated rings. The first kappa shape index (κ1) is 13.7. The van der Waals surface area contributed by atoms with Gasteiger partial charge < -0.3 is 10.1 Å². The minimum Gasteiger partial charge on any atom is -0.377 e. The van der Waals surface area contributed by atoms with Crippen LogP contribution in [0.25, 0.3) is 0 Å². The molecule has 0 saturated carbocycles.